The number of guanidine groups is 1. The molecule has 0 atom stereocenters. The van der Waals surface area contributed by atoms with Crippen molar-refractivity contribution in [1.82, 2.24) is 20.5 Å². The molecule has 0 aliphatic heterocycles. The van der Waals surface area contributed by atoms with Crippen molar-refractivity contribution in [2.75, 3.05) is 25.4 Å². The highest BCUT2D eigenvalue weighted by atomic mass is 127. The number of nitrogens with one attached hydrogen (secondary N) is 3. The van der Waals surface area contributed by atoms with Gasteiger partial charge in [-0.25, -0.2) is 18.1 Å². The first-order valence-corrected chi connectivity index (χ1v) is 11.0. The summed E-state index contributed by atoms with van der Waals surface area (Å²) >= 11 is 0. The van der Waals surface area contributed by atoms with Gasteiger partial charge in [0, 0.05) is 25.7 Å². The van der Waals surface area contributed by atoms with E-state index >= 15 is 0 Å². The molecule has 0 amide bonds. The Morgan fingerprint density at radius 2 is 2.11 bits per heavy atom. The predicted octanol–water partition coefficient (Wildman–Crippen LogP) is 2.19. The molecule has 10 heteroatoms. The Balaban J connectivity index is 0.00000364. The van der Waals surface area contributed by atoms with Crippen molar-refractivity contribution in [2.45, 2.75) is 52.5 Å². The number of aliphatic imine (C=N–C) groups is 1. The molecule has 1 aromatic heterocycles. The summed E-state index contributed by atoms with van der Waals surface area (Å²) < 4.78 is 32.0. The van der Waals surface area contributed by atoms with E-state index in [9.17, 15) is 8.42 Å². The van der Waals surface area contributed by atoms with Gasteiger partial charge in [-0.3, -0.25) is 0 Å². The topological polar surface area (TPSA) is 109 Å². The maximum atomic E-state index is 12.0. The van der Waals surface area contributed by atoms with Gasteiger partial charge in [-0.05, 0) is 31.6 Å². The van der Waals surface area contributed by atoms with Crippen LogP contribution in [0.1, 0.15) is 57.4 Å². The fourth-order valence-electron chi connectivity index (χ4n) is 2.49. The third kappa shape index (κ3) is 8.77. The molecule has 1 fully saturated rings. The van der Waals surface area contributed by atoms with E-state index in [2.05, 4.69) is 39.4 Å². The minimum absolute atomic E-state index is 0. The van der Waals surface area contributed by atoms with E-state index in [1.807, 2.05) is 13.0 Å². The molecule has 156 valence electrons. The quantitative estimate of drug-likeness (QED) is 0.252. The van der Waals surface area contributed by atoms with E-state index in [-0.39, 0.29) is 29.7 Å². The van der Waals surface area contributed by atoms with E-state index in [1.165, 1.54) is 6.42 Å². The van der Waals surface area contributed by atoms with Gasteiger partial charge in [-0.15, -0.1) is 24.0 Å². The van der Waals surface area contributed by atoms with Crippen molar-refractivity contribution in [3.8, 4) is 0 Å². The van der Waals surface area contributed by atoms with Gasteiger partial charge < -0.3 is 15.2 Å². The molecule has 1 aromatic rings. The minimum atomic E-state index is -3.26. The van der Waals surface area contributed by atoms with Gasteiger partial charge in [0.05, 0.1) is 11.4 Å². The second-order valence-corrected chi connectivity index (χ2v) is 8.89. The zero-order valence-electron chi connectivity index (χ0n) is 16.3. The van der Waals surface area contributed by atoms with Crippen LogP contribution < -0.4 is 15.4 Å². The number of nitrogens with zero attached hydrogens (tertiary/aromatic N) is 2. The predicted molar refractivity (Wildman–Crippen MR) is 118 cm³/mol. The Hall–Kier alpha value is -0.880. The third-order valence-corrected chi connectivity index (χ3v) is 5.73. The molecule has 8 nitrogen and oxygen atoms in total. The van der Waals surface area contributed by atoms with Crippen LogP contribution in [0, 0.1) is 5.92 Å². The van der Waals surface area contributed by atoms with Crippen molar-refractivity contribution in [1.29, 1.82) is 0 Å². The molecule has 3 N–H and O–H groups in total. The summed E-state index contributed by atoms with van der Waals surface area (Å²) in [6.45, 7) is 7.94. The van der Waals surface area contributed by atoms with Gasteiger partial charge >= 0.3 is 0 Å². The molecule has 0 unspecified atom stereocenters. The Kier molecular flexibility index (Phi) is 10.6. The van der Waals surface area contributed by atoms with Crippen LogP contribution in [-0.2, 0) is 16.6 Å². The SMILES string of the molecule is CCNC(=NCc1cc(C(C)C)no1)NCCS(=O)(=O)NCC1CCC1.I. The standard InChI is InChI=1S/C17H31N5O3S.HI/c1-4-18-17(20-12-15-10-16(13(2)3)22-25-15)19-8-9-26(23,24)21-11-14-6-5-7-14;/h10,13-14,21H,4-9,11-12H2,1-3H3,(H2,18,19,20);1H. The summed E-state index contributed by atoms with van der Waals surface area (Å²) in [5, 5.41) is 10.2. The van der Waals surface area contributed by atoms with Gasteiger partial charge in [-0.1, -0.05) is 25.4 Å². The van der Waals surface area contributed by atoms with Gasteiger partial charge in [0.2, 0.25) is 10.0 Å². The zero-order valence-corrected chi connectivity index (χ0v) is 19.5. The Bertz CT molecular complexity index is 686. The lowest BCUT2D eigenvalue weighted by Gasteiger charge is -2.25. The average molecular weight is 513 g/mol. The number of aromatic nitrogens is 1. The molecule has 0 spiro atoms. The number of hydrogen-bond acceptors (Lipinski definition) is 5. The lowest BCUT2D eigenvalue weighted by atomic mass is 9.86. The van der Waals surface area contributed by atoms with E-state index < -0.39 is 10.0 Å². The van der Waals surface area contributed by atoms with Crippen molar-refractivity contribution >= 4 is 40.0 Å². The summed E-state index contributed by atoms with van der Waals surface area (Å²) in [5.74, 6) is 2.07. The normalized spacial score (nSPS) is 15.3. The van der Waals surface area contributed by atoms with Crippen molar-refractivity contribution in [3.63, 3.8) is 0 Å². The number of sulfonamides is 1. The molecule has 27 heavy (non-hydrogen) atoms. The highest BCUT2D eigenvalue weighted by Gasteiger charge is 2.20. The fourth-order valence-corrected chi connectivity index (χ4v) is 3.50. The average Bonchev–Trinajstić information content (AvgIpc) is 3.00. The van der Waals surface area contributed by atoms with E-state index in [0.717, 1.165) is 18.5 Å². The monoisotopic (exact) mass is 513 g/mol. The Labute approximate surface area is 179 Å². The maximum absolute atomic E-state index is 12.0. The van der Waals surface area contributed by atoms with Crippen LogP contribution in [0.2, 0.25) is 0 Å². The molecular weight excluding hydrogens is 481 g/mol. The molecular formula is C17H32IN5O3S. The summed E-state index contributed by atoms with van der Waals surface area (Å²) in [6, 6.07) is 1.90. The minimum Gasteiger partial charge on any atom is -0.359 e. The van der Waals surface area contributed by atoms with E-state index in [1.54, 1.807) is 0 Å². The zero-order chi connectivity index (χ0) is 19.0. The molecule has 0 bridgehead atoms. The smallest absolute Gasteiger partial charge is 0.213 e. The molecule has 1 aliphatic carbocycles. The van der Waals surface area contributed by atoms with Crippen LogP contribution in [-0.4, -0.2) is 44.9 Å². The van der Waals surface area contributed by atoms with E-state index in [4.69, 9.17) is 4.52 Å². The van der Waals surface area contributed by atoms with Crippen molar-refractivity contribution in [3.05, 3.63) is 17.5 Å². The summed E-state index contributed by atoms with van der Waals surface area (Å²) in [7, 11) is -3.26. The summed E-state index contributed by atoms with van der Waals surface area (Å²) in [4.78, 5) is 4.42. The first-order chi connectivity index (χ1) is 12.4. The molecule has 1 saturated carbocycles. The number of hydrogen-bond donors (Lipinski definition) is 3. The lowest BCUT2D eigenvalue weighted by molar-refractivity contribution is 0.316. The molecule has 1 aliphatic rings. The van der Waals surface area contributed by atoms with Gasteiger partial charge in [0.1, 0.15) is 6.54 Å². The van der Waals surface area contributed by atoms with Crippen LogP contribution in [0.3, 0.4) is 0 Å². The maximum Gasteiger partial charge on any atom is 0.213 e. The van der Waals surface area contributed by atoms with Crippen LogP contribution in [0.15, 0.2) is 15.6 Å². The van der Waals surface area contributed by atoms with Crippen LogP contribution in [0.25, 0.3) is 0 Å². The van der Waals surface area contributed by atoms with Crippen LogP contribution in [0.4, 0.5) is 0 Å². The largest absolute Gasteiger partial charge is 0.359 e. The van der Waals surface area contributed by atoms with Crippen molar-refractivity contribution < 1.29 is 12.9 Å². The van der Waals surface area contributed by atoms with Gasteiger partial charge in [-0.2, -0.15) is 0 Å². The first-order valence-electron chi connectivity index (χ1n) is 9.34. The third-order valence-electron chi connectivity index (χ3n) is 4.39. The highest BCUT2D eigenvalue weighted by Crippen LogP contribution is 2.25. The van der Waals surface area contributed by atoms with E-state index in [0.29, 0.717) is 49.7 Å². The number of halogens is 1. The molecule has 2 rings (SSSR count). The summed E-state index contributed by atoms with van der Waals surface area (Å²) in [5.41, 5.74) is 0.900. The highest BCUT2D eigenvalue weighted by molar-refractivity contribution is 14.0. The lowest BCUT2D eigenvalue weighted by Crippen LogP contribution is -2.42. The second-order valence-electron chi connectivity index (χ2n) is 6.96. The van der Waals surface area contributed by atoms with Crippen molar-refractivity contribution in [2.24, 2.45) is 10.9 Å². The Morgan fingerprint density at radius 1 is 1.37 bits per heavy atom. The van der Waals surface area contributed by atoms with Crippen LogP contribution >= 0.6 is 24.0 Å². The first kappa shape index (κ1) is 24.2. The molecule has 0 aromatic carbocycles. The molecule has 0 radical (unpaired) electrons. The van der Waals surface area contributed by atoms with Gasteiger partial charge in [0.25, 0.3) is 0 Å². The molecule has 0 saturated heterocycles. The molecule has 1 heterocycles. The van der Waals surface area contributed by atoms with Gasteiger partial charge in [0.15, 0.2) is 11.7 Å². The fraction of sp³-hybridized carbons (Fsp3) is 0.765. The second kappa shape index (κ2) is 11.8. The summed E-state index contributed by atoms with van der Waals surface area (Å²) in [6.07, 6.45) is 3.45. The Morgan fingerprint density at radius 3 is 2.67 bits per heavy atom. The number of rotatable bonds is 10. The van der Waals surface area contributed by atoms with Crippen LogP contribution in [0.5, 0.6) is 0 Å².